The van der Waals surface area contributed by atoms with Crippen molar-refractivity contribution < 1.29 is 4.74 Å². The van der Waals surface area contributed by atoms with Gasteiger partial charge in [0.25, 0.3) is 0 Å². The van der Waals surface area contributed by atoms with Crippen molar-refractivity contribution in [2.24, 2.45) is 0 Å². The Bertz CT molecular complexity index is 2310. The molecule has 39 heavy (non-hydrogen) atoms. The predicted octanol–water partition coefficient (Wildman–Crippen LogP) is 10.9. The highest BCUT2D eigenvalue weighted by Crippen LogP contribution is 2.52. The lowest BCUT2D eigenvalue weighted by Gasteiger charge is -2.25. The van der Waals surface area contributed by atoms with Crippen LogP contribution >= 0.6 is 0 Å². The molecule has 0 saturated carbocycles. The van der Waals surface area contributed by atoms with Gasteiger partial charge in [0.05, 0.1) is 0 Å². The summed E-state index contributed by atoms with van der Waals surface area (Å²) in [5, 5.41) is 12.5. The van der Waals surface area contributed by atoms with Crippen LogP contribution in [0.25, 0.3) is 76.1 Å². The van der Waals surface area contributed by atoms with Crippen molar-refractivity contribution in [3.05, 3.63) is 133 Å². The summed E-state index contributed by atoms with van der Waals surface area (Å²) in [5.41, 5.74) is 4.68. The van der Waals surface area contributed by atoms with Gasteiger partial charge in [0.2, 0.25) is 0 Å². The molecule has 0 fully saturated rings. The molecule has 0 aromatic heterocycles. The van der Waals surface area contributed by atoms with Crippen molar-refractivity contribution in [1.82, 2.24) is 0 Å². The number of hydrogen-bond donors (Lipinski definition) is 0. The second-order valence-corrected chi connectivity index (χ2v) is 10.5. The molecular weight excluding hydrogens is 472 g/mol. The van der Waals surface area contributed by atoms with E-state index in [0.29, 0.717) is 0 Å². The van der Waals surface area contributed by atoms with Gasteiger partial charge < -0.3 is 4.74 Å². The normalized spacial score (nSPS) is 12.3. The molecule has 1 nitrogen and oxygen atoms in total. The fourth-order valence-electron chi connectivity index (χ4n) is 6.63. The molecule has 1 heterocycles. The van der Waals surface area contributed by atoms with Crippen molar-refractivity contribution in [2.75, 3.05) is 0 Å². The lowest BCUT2D eigenvalue weighted by Crippen LogP contribution is -1.99. The smallest absolute Gasteiger partial charge is 0.143 e. The third-order valence-corrected chi connectivity index (χ3v) is 8.40. The molecular formula is C38H22O. The van der Waals surface area contributed by atoms with Crippen LogP contribution in [0.5, 0.6) is 11.5 Å². The van der Waals surface area contributed by atoms with Gasteiger partial charge in [-0.15, -0.1) is 0 Å². The first kappa shape index (κ1) is 20.9. The maximum atomic E-state index is 6.84. The number of ether oxygens (including phenoxy) is 1. The lowest BCUT2D eigenvalue weighted by atomic mass is 9.88. The first-order chi connectivity index (χ1) is 19.3. The van der Waals surface area contributed by atoms with Gasteiger partial charge >= 0.3 is 0 Å². The average Bonchev–Trinajstić information content (AvgIpc) is 3.00. The van der Waals surface area contributed by atoms with Crippen molar-refractivity contribution in [1.29, 1.82) is 0 Å². The van der Waals surface area contributed by atoms with E-state index in [2.05, 4.69) is 133 Å². The summed E-state index contributed by atoms with van der Waals surface area (Å²) in [6, 6.07) is 48.3. The fraction of sp³-hybridized carbons (Fsp3) is 0. The molecule has 180 valence electrons. The van der Waals surface area contributed by atoms with Crippen LogP contribution in [-0.4, -0.2) is 0 Å². The summed E-state index contributed by atoms with van der Waals surface area (Å²) in [5.74, 6) is 1.86. The summed E-state index contributed by atoms with van der Waals surface area (Å²) >= 11 is 0. The van der Waals surface area contributed by atoms with Crippen LogP contribution in [0.2, 0.25) is 0 Å². The molecule has 0 spiro atoms. The van der Waals surface area contributed by atoms with Gasteiger partial charge in [-0.05, 0) is 77.8 Å². The van der Waals surface area contributed by atoms with Gasteiger partial charge in [0, 0.05) is 16.5 Å². The Labute approximate surface area is 225 Å². The minimum Gasteiger partial charge on any atom is -0.455 e. The van der Waals surface area contributed by atoms with Crippen molar-refractivity contribution in [3.8, 4) is 33.8 Å². The van der Waals surface area contributed by atoms with E-state index in [4.69, 9.17) is 4.74 Å². The van der Waals surface area contributed by atoms with Crippen molar-refractivity contribution in [3.63, 3.8) is 0 Å². The highest BCUT2D eigenvalue weighted by atomic mass is 16.5. The second kappa shape index (κ2) is 7.69. The maximum absolute atomic E-state index is 6.84. The zero-order chi connectivity index (χ0) is 25.5. The SMILES string of the molecule is c1cc(-c2cccc3cc4c(ccc5ccccc54)cc23)c2c(c1)-c1cccc3c1c(cc1ccccc13)O2. The van der Waals surface area contributed by atoms with E-state index in [0.717, 1.165) is 22.6 Å². The Morgan fingerprint density at radius 3 is 1.77 bits per heavy atom. The Hall–Kier alpha value is -5.14. The van der Waals surface area contributed by atoms with E-state index in [1.807, 2.05) is 0 Å². The number of benzene rings is 8. The minimum absolute atomic E-state index is 0.927. The molecule has 0 unspecified atom stereocenters. The highest BCUT2D eigenvalue weighted by Gasteiger charge is 2.24. The third kappa shape index (κ3) is 2.90. The van der Waals surface area contributed by atoms with Crippen molar-refractivity contribution in [2.45, 2.75) is 0 Å². The monoisotopic (exact) mass is 494 g/mol. The second-order valence-electron chi connectivity index (χ2n) is 10.5. The van der Waals surface area contributed by atoms with E-state index in [1.54, 1.807) is 0 Å². The van der Waals surface area contributed by atoms with Crippen LogP contribution in [0.4, 0.5) is 0 Å². The first-order valence-corrected chi connectivity index (χ1v) is 13.4. The molecule has 8 aromatic rings. The van der Waals surface area contributed by atoms with E-state index >= 15 is 0 Å². The zero-order valence-electron chi connectivity index (χ0n) is 21.1. The topological polar surface area (TPSA) is 9.23 Å². The summed E-state index contributed by atoms with van der Waals surface area (Å²) in [6.07, 6.45) is 0. The number of hydrogen-bond acceptors (Lipinski definition) is 1. The quantitative estimate of drug-likeness (QED) is 0.163. The minimum atomic E-state index is 0.927. The Balaban J connectivity index is 1.32. The molecule has 9 rings (SSSR count). The average molecular weight is 495 g/mol. The van der Waals surface area contributed by atoms with Crippen LogP contribution < -0.4 is 4.74 Å². The van der Waals surface area contributed by atoms with Gasteiger partial charge in [-0.25, -0.2) is 0 Å². The Morgan fingerprint density at radius 2 is 0.872 bits per heavy atom. The third-order valence-electron chi connectivity index (χ3n) is 8.40. The molecule has 0 atom stereocenters. The molecule has 1 aliphatic rings. The molecule has 0 bridgehead atoms. The standard InChI is InChI=1S/C38H22O/c1-3-11-27-23(8-1)18-19-26-21-35-24(20-34(26)27)10-5-13-29(35)32-16-7-17-33-31-15-6-14-30-28-12-4-2-9-25(28)22-36(37(30)31)39-38(32)33/h1-22H. The lowest BCUT2D eigenvalue weighted by molar-refractivity contribution is 0.489. The molecule has 0 amide bonds. The zero-order valence-corrected chi connectivity index (χ0v) is 21.1. The van der Waals surface area contributed by atoms with Crippen LogP contribution in [-0.2, 0) is 0 Å². The Kier molecular flexibility index (Phi) is 4.11. The summed E-state index contributed by atoms with van der Waals surface area (Å²) in [7, 11) is 0. The molecule has 0 radical (unpaired) electrons. The van der Waals surface area contributed by atoms with Gasteiger partial charge in [-0.3, -0.25) is 0 Å². The first-order valence-electron chi connectivity index (χ1n) is 13.4. The van der Waals surface area contributed by atoms with E-state index < -0.39 is 0 Å². The summed E-state index contributed by atoms with van der Waals surface area (Å²) in [6.45, 7) is 0. The largest absolute Gasteiger partial charge is 0.455 e. The van der Waals surface area contributed by atoms with Crippen LogP contribution in [0.1, 0.15) is 0 Å². The van der Waals surface area contributed by atoms with E-state index in [9.17, 15) is 0 Å². The van der Waals surface area contributed by atoms with Gasteiger partial charge in [0.1, 0.15) is 11.5 Å². The van der Waals surface area contributed by atoms with Crippen LogP contribution in [0.15, 0.2) is 133 Å². The molecule has 1 aliphatic heterocycles. The number of para-hydroxylation sites is 1. The Morgan fingerprint density at radius 1 is 0.333 bits per heavy atom. The molecule has 8 aromatic carbocycles. The molecule has 0 N–H and O–H groups in total. The molecule has 0 aliphatic carbocycles. The molecule has 0 saturated heterocycles. The highest BCUT2D eigenvalue weighted by molar-refractivity contribution is 6.18. The number of rotatable bonds is 1. The summed E-state index contributed by atoms with van der Waals surface area (Å²) < 4.78 is 6.84. The van der Waals surface area contributed by atoms with Crippen molar-refractivity contribution >= 4 is 53.9 Å². The predicted molar refractivity (Wildman–Crippen MR) is 165 cm³/mol. The molecule has 1 heteroatoms. The summed E-state index contributed by atoms with van der Waals surface area (Å²) in [4.78, 5) is 0. The van der Waals surface area contributed by atoms with E-state index in [-0.39, 0.29) is 0 Å². The van der Waals surface area contributed by atoms with Gasteiger partial charge in [-0.2, -0.15) is 0 Å². The van der Waals surface area contributed by atoms with Crippen LogP contribution in [0.3, 0.4) is 0 Å². The van der Waals surface area contributed by atoms with E-state index in [1.165, 1.54) is 65.0 Å². The number of fused-ring (bicyclic) bond motifs is 8. The van der Waals surface area contributed by atoms with Gasteiger partial charge in [-0.1, -0.05) is 115 Å². The fourth-order valence-corrected chi connectivity index (χ4v) is 6.63. The maximum Gasteiger partial charge on any atom is 0.143 e. The van der Waals surface area contributed by atoms with Crippen LogP contribution in [0, 0.1) is 0 Å². The van der Waals surface area contributed by atoms with Gasteiger partial charge in [0.15, 0.2) is 0 Å².